The van der Waals surface area contributed by atoms with Gasteiger partial charge in [0.2, 0.25) is 0 Å². The van der Waals surface area contributed by atoms with Crippen LogP contribution in [0.3, 0.4) is 0 Å². The second-order valence-electron chi connectivity index (χ2n) is 7.54. The highest BCUT2D eigenvalue weighted by Gasteiger charge is 2.33. The first-order chi connectivity index (χ1) is 14.2. The third-order valence-corrected chi connectivity index (χ3v) is 5.43. The standard InChI is InChI=1S/C20H17F3N6O/c1-9(2)28-14-7-25-19(30)29-12-6-11(20(21,22)23)4-3-10(12)5-13(29)15(14)16-17(24)26-8-27-18(16)28/h3-6,8-9H,7H2,1-2H3,(H,25,30)(H2,24,26,27). The highest BCUT2D eigenvalue weighted by atomic mass is 19.4. The fourth-order valence-electron chi connectivity index (χ4n) is 4.23. The van der Waals surface area contributed by atoms with Crippen molar-refractivity contribution in [3.63, 3.8) is 0 Å². The molecule has 3 N–H and O–H groups in total. The zero-order chi connectivity index (χ0) is 21.4. The van der Waals surface area contributed by atoms with Crippen molar-refractivity contribution in [2.45, 2.75) is 32.6 Å². The largest absolute Gasteiger partial charge is 0.416 e. The molecule has 1 aliphatic heterocycles. The monoisotopic (exact) mass is 414 g/mol. The molecule has 0 radical (unpaired) electrons. The molecule has 0 unspecified atom stereocenters. The summed E-state index contributed by atoms with van der Waals surface area (Å²) in [4.78, 5) is 21.4. The fourth-order valence-corrected chi connectivity index (χ4v) is 4.23. The number of carbonyl (C=O) groups excluding carboxylic acids is 1. The van der Waals surface area contributed by atoms with E-state index in [9.17, 15) is 18.0 Å². The summed E-state index contributed by atoms with van der Waals surface area (Å²) in [5.41, 5.74) is 8.04. The Labute approximate surface area is 168 Å². The molecule has 4 heterocycles. The van der Waals surface area contributed by atoms with Gasteiger partial charge in [-0.2, -0.15) is 13.2 Å². The number of rotatable bonds is 1. The second kappa shape index (κ2) is 5.97. The van der Waals surface area contributed by atoms with Crippen LogP contribution in [0.15, 0.2) is 30.6 Å². The molecular weight excluding hydrogens is 397 g/mol. The molecule has 0 bridgehead atoms. The van der Waals surface area contributed by atoms with Gasteiger partial charge in [-0.25, -0.2) is 14.8 Å². The molecule has 0 fully saturated rings. The lowest BCUT2D eigenvalue weighted by atomic mass is 10.1. The number of alkyl halides is 3. The molecule has 0 atom stereocenters. The first-order valence-electron chi connectivity index (χ1n) is 9.33. The lowest BCUT2D eigenvalue weighted by molar-refractivity contribution is -0.137. The molecule has 1 aliphatic rings. The summed E-state index contributed by atoms with van der Waals surface area (Å²) in [7, 11) is 0. The smallest absolute Gasteiger partial charge is 0.383 e. The zero-order valence-corrected chi connectivity index (χ0v) is 16.1. The molecule has 3 aromatic heterocycles. The number of nitrogen functional groups attached to an aromatic ring is 1. The summed E-state index contributed by atoms with van der Waals surface area (Å²) in [6, 6.07) is 4.58. The number of nitrogens with zero attached hydrogens (tertiary/aromatic N) is 4. The van der Waals surface area contributed by atoms with E-state index >= 15 is 0 Å². The van der Waals surface area contributed by atoms with Gasteiger partial charge in [-0.1, -0.05) is 6.07 Å². The molecule has 0 saturated heterocycles. The van der Waals surface area contributed by atoms with E-state index in [-0.39, 0.29) is 23.9 Å². The number of hydrogen-bond acceptors (Lipinski definition) is 4. The Morgan fingerprint density at radius 1 is 1.20 bits per heavy atom. The van der Waals surface area contributed by atoms with Crippen molar-refractivity contribution in [2.75, 3.05) is 5.73 Å². The van der Waals surface area contributed by atoms with E-state index in [4.69, 9.17) is 5.73 Å². The van der Waals surface area contributed by atoms with Gasteiger partial charge in [0.05, 0.1) is 28.7 Å². The lowest BCUT2D eigenvalue weighted by Gasteiger charge is -2.14. The van der Waals surface area contributed by atoms with Gasteiger partial charge in [-0.15, -0.1) is 0 Å². The van der Waals surface area contributed by atoms with Gasteiger partial charge in [0, 0.05) is 22.7 Å². The van der Waals surface area contributed by atoms with Gasteiger partial charge in [0.1, 0.15) is 17.8 Å². The van der Waals surface area contributed by atoms with Crippen LogP contribution in [0.1, 0.15) is 31.1 Å². The average Bonchev–Trinajstić information content (AvgIpc) is 3.17. The van der Waals surface area contributed by atoms with Crippen LogP contribution in [0, 0.1) is 0 Å². The number of amides is 1. The van der Waals surface area contributed by atoms with Crippen LogP contribution in [-0.4, -0.2) is 25.1 Å². The number of nitrogens with two attached hydrogens (primary N) is 1. The first-order valence-corrected chi connectivity index (χ1v) is 9.33. The molecule has 7 nitrogen and oxygen atoms in total. The van der Waals surface area contributed by atoms with Crippen molar-refractivity contribution >= 4 is 33.8 Å². The second-order valence-corrected chi connectivity index (χ2v) is 7.54. The van der Waals surface area contributed by atoms with E-state index in [1.807, 2.05) is 18.4 Å². The third kappa shape index (κ3) is 2.42. The minimum Gasteiger partial charge on any atom is -0.383 e. The quantitative estimate of drug-likeness (QED) is 0.486. The number of carbonyl (C=O) groups is 1. The maximum absolute atomic E-state index is 13.3. The number of anilines is 1. The van der Waals surface area contributed by atoms with Crippen molar-refractivity contribution in [2.24, 2.45) is 0 Å². The Balaban J connectivity index is 1.93. The normalized spacial score (nSPS) is 14.1. The highest BCUT2D eigenvalue weighted by molar-refractivity contribution is 6.08. The van der Waals surface area contributed by atoms with Crippen molar-refractivity contribution in [1.29, 1.82) is 0 Å². The van der Waals surface area contributed by atoms with E-state index in [2.05, 4.69) is 15.3 Å². The molecule has 5 rings (SSSR count). The number of nitrogens with one attached hydrogen (secondary N) is 1. The van der Waals surface area contributed by atoms with Crippen molar-refractivity contribution in [1.82, 2.24) is 24.4 Å². The molecule has 0 aliphatic carbocycles. The number of aromatic nitrogens is 4. The minimum atomic E-state index is -4.52. The van der Waals surface area contributed by atoms with E-state index in [1.165, 1.54) is 17.0 Å². The van der Waals surface area contributed by atoms with E-state index in [1.54, 1.807) is 6.07 Å². The van der Waals surface area contributed by atoms with Gasteiger partial charge in [0.25, 0.3) is 0 Å². The van der Waals surface area contributed by atoms with Crippen LogP contribution in [0.4, 0.5) is 23.8 Å². The van der Waals surface area contributed by atoms with Crippen molar-refractivity contribution < 1.29 is 18.0 Å². The number of hydrogen-bond donors (Lipinski definition) is 2. The lowest BCUT2D eigenvalue weighted by Crippen LogP contribution is -2.27. The summed E-state index contributed by atoms with van der Waals surface area (Å²) in [6.45, 7) is 4.15. The predicted octanol–water partition coefficient (Wildman–Crippen LogP) is 4.31. The Hall–Kier alpha value is -3.56. The Morgan fingerprint density at radius 3 is 2.67 bits per heavy atom. The molecule has 10 heteroatoms. The molecule has 1 amide bonds. The third-order valence-electron chi connectivity index (χ3n) is 5.43. The summed E-state index contributed by atoms with van der Waals surface area (Å²) in [5, 5.41) is 3.90. The molecule has 0 saturated carbocycles. The Morgan fingerprint density at radius 2 is 1.97 bits per heavy atom. The zero-order valence-electron chi connectivity index (χ0n) is 16.1. The summed E-state index contributed by atoms with van der Waals surface area (Å²) < 4.78 is 43.1. The van der Waals surface area contributed by atoms with E-state index < -0.39 is 17.8 Å². The van der Waals surface area contributed by atoms with Crippen LogP contribution in [0.2, 0.25) is 0 Å². The van der Waals surface area contributed by atoms with Crippen molar-refractivity contribution in [3.05, 3.63) is 41.9 Å². The van der Waals surface area contributed by atoms with Gasteiger partial charge in [0.15, 0.2) is 0 Å². The SMILES string of the molecule is CC(C)n1c2c(c3c(N)ncnc31)-c1cc3ccc(C(F)(F)F)cc3n1C(=O)NC2. The van der Waals surface area contributed by atoms with Crippen LogP contribution in [0.25, 0.3) is 33.2 Å². The molecular formula is C20H17F3N6O. The summed E-state index contributed by atoms with van der Waals surface area (Å²) in [5.74, 6) is 0.248. The minimum absolute atomic E-state index is 0.00946. The fraction of sp³-hybridized carbons (Fsp3) is 0.250. The maximum Gasteiger partial charge on any atom is 0.416 e. The van der Waals surface area contributed by atoms with Crippen LogP contribution in [0.5, 0.6) is 0 Å². The van der Waals surface area contributed by atoms with Gasteiger partial charge in [-0.3, -0.25) is 4.57 Å². The van der Waals surface area contributed by atoms with Gasteiger partial charge < -0.3 is 15.6 Å². The van der Waals surface area contributed by atoms with Gasteiger partial charge >= 0.3 is 12.2 Å². The predicted molar refractivity (Wildman–Crippen MR) is 106 cm³/mol. The van der Waals surface area contributed by atoms with Crippen LogP contribution >= 0.6 is 0 Å². The molecule has 30 heavy (non-hydrogen) atoms. The van der Waals surface area contributed by atoms with E-state index in [0.717, 1.165) is 17.8 Å². The van der Waals surface area contributed by atoms with Gasteiger partial charge in [-0.05, 0) is 32.0 Å². The molecule has 0 spiro atoms. The molecule has 154 valence electrons. The molecule has 4 aromatic rings. The van der Waals surface area contributed by atoms with Crippen molar-refractivity contribution in [3.8, 4) is 11.3 Å². The number of halogens is 3. The first kappa shape index (κ1) is 18.5. The Bertz CT molecular complexity index is 1350. The number of fused-ring (bicyclic) bond motifs is 7. The maximum atomic E-state index is 13.3. The highest BCUT2D eigenvalue weighted by Crippen LogP contribution is 2.42. The molecule has 1 aromatic carbocycles. The average molecular weight is 414 g/mol. The topological polar surface area (TPSA) is 90.8 Å². The van der Waals surface area contributed by atoms with E-state index in [0.29, 0.717) is 27.7 Å². The Kier molecular flexibility index (Phi) is 3.68. The van der Waals surface area contributed by atoms with Crippen LogP contribution in [-0.2, 0) is 12.7 Å². The van der Waals surface area contributed by atoms with Crippen LogP contribution < -0.4 is 11.1 Å². The summed E-state index contributed by atoms with van der Waals surface area (Å²) >= 11 is 0. The summed E-state index contributed by atoms with van der Waals surface area (Å²) in [6.07, 6.45) is -3.14. The number of benzene rings is 1.